The minimum absolute atomic E-state index is 0.0367. The fourth-order valence-electron chi connectivity index (χ4n) is 3.47. The third-order valence-electron chi connectivity index (χ3n) is 4.69. The summed E-state index contributed by atoms with van der Waals surface area (Å²) in [4.78, 5) is 4.50. The zero-order valence-electron chi connectivity index (χ0n) is 12.9. The average Bonchev–Trinajstić information content (AvgIpc) is 2.97. The third-order valence-corrected chi connectivity index (χ3v) is 6.44. The van der Waals surface area contributed by atoms with Gasteiger partial charge in [-0.3, -0.25) is 9.25 Å². The summed E-state index contributed by atoms with van der Waals surface area (Å²) in [7, 11) is -2.91. The summed E-state index contributed by atoms with van der Waals surface area (Å²) < 4.78 is 27.5. The van der Waals surface area contributed by atoms with Crippen LogP contribution >= 0.6 is 0 Å². The van der Waals surface area contributed by atoms with Crippen molar-refractivity contribution in [3.63, 3.8) is 0 Å². The maximum Gasteiger partial charge on any atom is 0.152 e. The highest BCUT2D eigenvalue weighted by Crippen LogP contribution is 2.40. The standard InChI is InChI=1S/C15H20N4O2S/c1-10-14(18-7-6-16-15(18)12-3-4-12)11(2)19(17-10)13-5-8-22(20,21)9-13/h6-7,12-13H,3-5,8-9H2,1-2H3. The van der Waals surface area contributed by atoms with Gasteiger partial charge in [-0.25, -0.2) is 13.4 Å². The van der Waals surface area contributed by atoms with Gasteiger partial charge in [0.15, 0.2) is 9.84 Å². The molecule has 1 unspecified atom stereocenters. The summed E-state index contributed by atoms with van der Waals surface area (Å²) in [5.74, 6) is 2.13. The molecule has 4 rings (SSSR count). The summed E-state index contributed by atoms with van der Waals surface area (Å²) in [5.41, 5.74) is 3.02. The quantitative estimate of drug-likeness (QED) is 0.866. The van der Waals surface area contributed by atoms with Crippen LogP contribution in [0.1, 0.15) is 48.4 Å². The van der Waals surface area contributed by atoms with Crippen LogP contribution in [-0.2, 0) is 9.84 Å². The lowest BCUT2D eigenvalue weighted by molar-refractivity contribution is 0.485. The Morgan fingerprint density at radius 2 is 2.00 bits per heavy atom. The largest absolute Gasteiger partial charge is 0.300 e. The first kappa shape index (κ1) is 14.0. The van der Waals surface area contributed by atoms with Crippen LogP contribution < -0.4 is 0 Å². The molecule has 0 aromatic carbocycles. The van der Waals surface area contributed by atoms with E-state index in [1.165, 1.54) is 12.8 Å². The summed E-state index contributed by atoms with van der Waals surface area (Å²) in [6.07, 6.45) is 6.88. The molecule has 0 radical (unpaired) electrons. The zero-order chi connectivity index (χ0) is 15.5. The fourth-order valence-corrected chi connectivity index (χ4v) is 5.17. The van der Waals surface area contributed by atoms with E-state index in [2.05, 4.69) is 14.6 Å². The van der Waals surface area contributed by atoms with Crippen LogP contribution in [0, 0.1) is 13.8 Å². The number of hydrogen-bond acceptors (Lipinski definition) is 4. The van der Waals surface area contributed by atoms with Gasteiger partial charge in [0.1, 0.15) is 5.82 Å². The Hall–Kier alpha value is -1.63. The van der Waals surface area contributed by atoms with E-state index in [4.69, 9.17) is 0 Å². The maximum atomic E-state index is 11.7. The lowest BCUT2D eigenvalue weighted by Crippen LogP contribution is -2.14. The number of hydrogen-bond donors (Lipinski definition) is 0. The molecule has 22 heavy (non-hydrogen) atoms. The molecule has 1 aliphatic heterocycles. The van der Waals surface area contributed by atoms with Crippen LogP contribution in [0.4, 0.5) is 0 Å². The van der Waals surface area contributed by atoms with Gasteiger partial charge in [0, 0.05) is 18.3 Å². The number of nitrogens with zero attached hydrogens (tertiary/aromatic N) is 4. The molecule has 3 heterocycles. The Morgan fingerprint density at radius 1 is 1.23 bits per heavy atom. The van der Waals surface area contributed by atoms with Gasteiger partial charge in [-0.15, -0.1) is 0 Å². The summed E-state index contributed by atoms with van der Waals surface area (Å²) >= 11 is 0. The van der Waals surface area contributed by atoms with E-state index >= 15 is 0 Å². The molecule has 2 aromatic heterocycles. The van der Waals surface area contributed by atoms with E-state index in [0.717, 1.165) is 22.9 Å². The van der Waals surface area contributed by atoms with Crippen molar-refractivity contribution in [3.8, 4) is 5.69 Å². The van der Waals surface area contributed by atoms with Gasteiger partial charge in [-0.1, -0.05) is 0 Å². The maximum absolute atomic E-state index is 11.7. The number of imidazole rings is 1. The average molecular weight is 320 g/mol. The van der Waals surface area contributed by atoms with Gasteiger partial charge < -0.3 is 0 Å². The Kier molecular flexibility index (Phi) is 2.98. The third kappa shape index (κ3) is 2.18. The molecule has 2 aromatic rings. The molecule has 2 aliphatic rings. The van der Waals surface area contributed by atoms with E-state index in [0.29, 0.717) is 12.3 Å². The first-order valence-corrected chi connectivity index (χ1v) is 9.58. The first-order chi connectivity index (χ1) is 10.5. The molecule has 1 atom stereocenters. The Morgan fingerprint density at radius 3 is 2.64 bits per heavy atom. The predicted molar refractivity (Wildman–Crippen MR) is 83.1 cm³/mol. The van der Waals surface area contributed by atoms with Crippen LogP contribution in [0.25, 0.3) is 5.69 Å². The predicted octanol–water partition coefficient (Wildman–Crippen LogP) is 1.92. The zero-order valence-corrected chi connectivity index (χ0v) is 13.7. The van der Waals surface area contributed by atoms with Crippen molar-refractivity contribution >= 4 is 9.84 Å². The van der Waals surface area contributed by atoms with E-state index in [-0.39, 0.29) is 17.5 Å². The van der Waals surface area contributed by atoms with Crippen molar-refractivity contribution in [1.82, 2.24) is 19.3 Å². The smallest absolute Gasteiger partial charge is 0.152 e. The Labute approximate surface area is 130 Å². The molecule has 0 bridgehead atoms. The van der Waals surface area contributed by atoms with Gasteiger partial charge in [-0.2, -0.15) is 5.10 Å². The monoisotopic (exact) mass is 320 g/mol. The summed E-state index contributed by atoms with van der Waals surface area (Å²) in [5, 5.41) is 4.64. The molecule has 1 aliphatic carbocycles. The Bertz CT molecular complexity index is 830. The minimum atomic E-state index is -2.91. The van der Waals surface area contributed by atoms with Crippen LogP contribution in [0.3, 0.4) is 0 Å². The van der Waals surface area contributed by atoms with Crippen molar-refractivity contribution in [2.24, 2.45) is 0 Å². The fraction of sp³-hybridized carbons (Fsp3) is 0.600. The van der Waals surface area contributed by atoms with Gasteiger partial charge in [0.25, 0.3) is 0 Å². The molecule has 0 N–H and O–H groups in total. The van der Waals surface area contributed by atoms with E-state index < -0.39 is 9.84 Å². The molecular formula is C15H20N4O2S. The van der Waals surface area contributed by atoms with Crippen LogP contribution in [0.15, 0.2) is 12.4 Å². The van der Waals surface area contributed by atoms with E-state index in [1.807, 2.05) is 30.9 Å². The summed E-state index contributed by atoms with van der Waals surface area (Å²) in [6, 6.07) is -0.0367. The highest BCUT2D eigenvalue weighted by atomic mass is 32.2. The first-order valence-electron chi connectivity index (χ1n) is 7.76. The summed E-state index contributed by atoms with van der Waals surface area (Å²) in [6.45, 7) is 4.01. The van der Waals surface area contributed by atoms with E-state index in [1.54, 1.807) is 0 Å². The minimum Gasteiger partial charge on any atom is -0.300 e. The van der Waals surface area contributed by atoms with Gasteiger partial charge >= 0.3 is 0 Å². The van der Waals surface area contributed by atoms with Crippen molar-refractivity contribution in [2.45, 2.75) is 45.1 Å². The van der Waals surface area contributed by atoms with Crippen LogP contribution in [0.5, 0.6) is 0 Å². The highest BCUT2D eigenvalue weighted by Gasteiger charge is 2.33. The molecule has 6 nitrogen and oxygen atoms in total. The molecular weight excluding hydrogens is 300 g/mol. The number of sulfone groups is 1. The van der Waals surface area contributed by atoms with Crippen LogP contribution in [0.2, 0.25) is 0 Å². The lowest BCUT2D eigenvalue weighted by Gasteiger charge is -2.12. The van der Waals surface area contributed by atoms with Gasteiger partial charge in [0.05, 0.1) is 34.6 Å². The molecule has 1 saturated heterocycles. The highest BCUT2D eigenvalue weighted by molar-refractivity contribution is 7.91. The molecule has 7 heteroatoms. The second kappa shape index (κ2) is 4.68. The second-order valence-electron chi connectivity index (χ2n) is 6.45. The van der Waals surface area contributed by atoms with Crippen molar-refractivity contribution in [2.75, 3.05) is 11.5 Å². The lowest BCUT2D eigenvalue weighted by atomic mass is 10.2. The number of aryl methyl sites for hydroxylation is 1. The molecule has 118 valence electrons. The van der Waals surface area contributed by atoms with Crippen molar-refractivity contribution in [3.05, 3.63) is 29.6 Å². The number of rotatable bonds is 3. The van der Waals surface area contributed by atoms with Crippen molar-refractivity contribution in [1.29, 1.82) is 0 Å². The molecule has 0 amide bonds. The molecule has 1 saturated carbocycles. The van der Waals surface area contributed by atoms with Crippen LogP contribution in [-0.4, -0.2) is 39.3 Å². The Balaban J connectivity index is 1.77. The number of aromatic nitrogens is 4. The van der Waals surface area contributed by atoms with Crippen molar-refractivity contribution < 1.29 is 8.42 Å². The molecule has 0 spiro atoms. The SMILES string of the molecule is Cc1nn(C2CCS(=O)(=O)C2)c(C)c1-n1ccnc1C1CC1. The topological polar surface area (TPSA) is 69.8 Å². The second-order valence-corrected chi connectivity index (χ2v) is 8.68. The van der Waals surface area contributed by atoms with Gasteiger partial charge in [0.2, 0.25) is 0 Å². The molecule has 2 fully saturated rings. The normalized spacial score (nSPS) is 24.0. The van der Waals surface area contributed by atoms with E-state index in [9.17, 15) is 8.42 Å². The van der Waals surface area contributed by atoms with Gasteiger partial charge in [-0.05, 0) is 33.1 Å².